The van der Waals surface area contributed by atoms with Gasteiger partial charge in [0.2, 0.25) is 0 Å². The van der Waals surface area contributed by atoms with Gasteiger partial charge in [-0.25, -0.2) is 0 Å². The lowest BCUT2D eigenvalue weighted by atomic mass is 10.1. The molecule has 10 N–H and O–H groups in total. The highest BCUT2D eigenvalue weighted by Gasteiger charge is 1.99. The van der Waals surface area contributed by atoms with Crippen LogP contribution in [0.5, 0.6) is 0 Å². The van der Waals surface area contributed by atoms with Gasteiger partial charge in [0.25, 0.3) is 0 Å². The van der Waals surface area contributed by atoms with E-state index < -0.39 is 0 Å². The Morgan fingerprint density at radius 3 is 1.90 bits per heavy atom. The summed E-state index contributed by atoms with van der Waals surface area (Å²) in [6, 6.07) is 7.47. The van der Waals surface area contributed by atoms with Gasteiger partial charge < -0.3 is 32.2 Å². The number of nitrogen functional groups attached to an aromatic ring is 1. The predicted molar refractivity (Wildman–Crippen MR) is 118 cm³/mol. The van der Waals surface area contributed by atoms with Crippen LogP contribution >= 0.6 is 0 Å². The molecule has 162 valence electrons. The second-order valence-electron chi connectivity index (χ2n) is 6.85. The van der Waals surface area contributed by atoms with E-state index in [0.717, 1.165) is 57.2 Å². The highest BCUT2D eigenvalue weighted by atomic mass is 16.5. The summed E-state index contributed by atoms with van der Waals surface area (Å²) in [5.41, 5.74) is 12.4. The zero-order valence-corrected chi connectivity index (χ0v) is 17.2. The lowest BCUT2D eigenvalue weighted by molar-refractivity contribution is 0.119. The minimum absolute atomic E-state index is 0.0345. The minimum Gasteiger partial charge on any atom is -0.384 e. The maximum Gasteiger partial charge on any atom is 0.188 e. The van der Waals surface area contributed by atoms with Crippen LogP contribution in [-0.2, 0) is 11.3 Å². The van der Waals surface area contributed by atoms with Crippen molar-refractivity contribution in [1.82, 2.24) is 16.0 Å². The SMILES string of the molecule is N=C(N)NCCCCCCCNC(=N)NCCCOCc1ccc(C(=N)N)cc1. The summed E-state index contributed by atoms with van der Waals surface area (Å²) in [7, 11) is 0. The molecule has 9 heteroatoms. The summed E-state index contributed by atoms with van der Waals surface area (Å²) in [5, 5.41) is 31.2. The first-order chi connectivity index (χ1) is 14.0. The summed E-state index contributed by atoms with van der Waals surface area (Å²) < 4.78 is 5.63. The number of amidine groups is 1. The van der Waals surface area contributed by atoms with Gasteiger partial charge in [0.1, 0.15) is 5.84 Å². The Balaban J connectivity index is 1.90. The van der Waals surface area contributed by atoms with Gasteiger partial charge in [0.05, 0.1) is 6.61 Å². The second kappa shape index (κ2) is 15.2. The Morgan fingerprint density at radius 2 is 1.31 bits per heavy atom. The Morgan fingerprint density at radius 1 is 0.759 bits per heavy atom. The van der Waals surface area contributed by atoms with Crippen molar-refractivity contribution in [2.24, 2.45) is 11.5 Å². The third kappa shape index (κ3) is 13.1. The zero-order chi connectivity index (χ0) is 21.3. The maximum atomic E-state index is 7.84. The molecule has 0 unspecified atom stereocenters. The van der Waals surface area contributed by atoms with Gasteiger partial charge in [0, 0.05) is 31.8 Å². The lowest BCUT2D eigenvalue weighted by Crippen LogP contribution is -2.37. The van der Waals surface area contributed by atoms with Gasteiger partial charge in [-0.1, -0.05) is 43.5 Å². The van der Waals surface area contributed by atoms with Gasteiger partial charge in [-0.2, -0.15) is 0 Å². The highest BCUT2D eigenvalue weighted by molar-refractivity contribution is 5.94. The van der Waals surface area contributed by atoms with Crippen LogP contribution in [0.25, 0.3) is 0 Å². The van der Waals surface area contributed by atoms with Crippen molar-refractivity contribution in [3.63, 3.8) is 0 Å². The Labute approximate surface area is 173 Å². The van der Waals surface area contributed by atoms with Crippen LogP contribution in [0.3, 0.4) is 0 Å². The van der Waals surface area contributed by atoms with E-state index in [4.69, 9.17) is 32.4 Å². The minimum atomic E-state index is 0.0345. The molecule has 0 aliphatic carbocycles. The molecule has 1 aromatic rings. The summed E-state index contributed by atoms with van der Waals surface area (Å²) in [6.07, 6.45) is 6.28. The third-order valence-corrected chi connectivity index (χ3v) is 4.27. The van der Waals surface area contributed by atoms with Crippen molar-refractivity contribution >= 4 is 17.8 Å². The molecule has 1 rings (SSSR count). The first-order valence-electron chi connectivity index (χ1n) is 10.1. The first-order valence-corrected chi connectivity index (χ1v) is 10.1. The molecule has 1 aromatic carbocycles. The number of hydrogen-bond donors (Lipinski definition) is 8. The van der Waals surface area contributed by atoms with E-state index in [9.17, 15) is 0 Å². The molecule has 0 aliphatic heterocycles. The molecule has 0 saturated heterocycles. The number of guanidine groups is 2. The van der Waals surface area contributed by atoms with Crippen LogP contribution in [0.2, 0.25) is 0 Å². The first kappa shape index (κ1) is 24.2. The smallest absolute Gasteiger partial charge is 0.188 e. The monoisotopic (exact) mass is 404 g/mol. The number of benzene rings is 1. The van der Waals surface area contributed by atoms with E-state index >= 15 is 0 Å². The van der Waals surface area contributed by atoms with E-state index in [-0.39, 0.29) is 11.8 Å². The van der Waals surface area contributed by atoms with Crippen molar-refractivity contribution in [1.29, 1.82) is 16.2 Å². The molecule has 0 amide bonds. The fraction of sp³-hybridized carbons (Fsp3) is 0.550. The van der Waals surface area contributed by atoms with Crippen LogP contribution in [-0.4, -0.2) is 44.0 Å². The predicted octanol–water partition coefficient (Wildman–Crippen LogP) is 1.42. The van der Waals surface area contributed by atoms with Crippen molar-refractivity contribution in [2.45, 2.75) is 45.1 Å². The van der Waals surface area contributed by atoms with Crippen LogP contribution in [0.15, 0.2) is 24.3 Å². The summed E-state index contributed by atoms with van der Waals surface area (Å²) >= 11 is 0. The molecule has 0 spiro atoms. The molecule has 9 nitrogen and oxygen atoms in total. The lowest BCUT2D eigenvalue weighted by Gasteiger charge is -2.11. The molecular weight excluding hydrogens is 368 g/mol. The molecule has 0 aliphatic rings. The summed E-state index contributed by atoms with van der Waals surface area (Å²) in [6.45, 7) is 3.40. The van der Waals surface area contributed by atoms with Gasteiger partial charge in [0.15, 0.2) is 11.9 Å². The molecule has 0 radical (unpaired) electrons. The van der Waals surface area contributed by atoms with Gasteiger partial charge in [-0.3, -0.25) is 16.2 Å². The normalized spacial score (nSPS) is 10.3. The van der Waals surface area contributed by atoms with Crippen molar-refractivity contribution < 1.29 is 4.74 Å². The molecule has 0 fully saturated rings. The average Bonchev–Trinajstić information content (AvgIpc) is 2.69. The number of ether oxygens (including phenoxy) is 1. The number of nitrogens with one attached hydrogen (secondary N) is 6. The van der Waals surface area contributed by atoms with Gasteiger partial charge >= 0.3 is 0 Å². The fourth-order valence-corrected chi connectivity index (χ4v) is 2.64. The maximum absolute atomic E-state index is 7.84. The Kier molecular flexibility index (Phi) is 12.7. The third-order valence-electron chi connectivity index (χ3n) is 4.27. The van der Waals surface area contributed by atoms with Crippen LogP contribution in [0.4, 0.5) is 0 Å². The topological polar surface area (TPSA) is 169 Å². The number of nitrogens with two attached hydrogens (primary N) is 2. The van der Waals surface area contributed by atoms with Crippen LogP contribution in [0, 0.1) is 16.2 Å². The van der Waals surface area contributed by atoms with E-state index in [2.05, 4.69) is 16.0 Å². The van der Waals surface area contributed by atoms with Crippen molar-refractivity contribution in [3.8, 4) is 0 Å². The number of rotatable bonds is 15. The van der Waals surface area contributed by atoms with Gasteiger partial charge in [-0.15, -0.1) is 0 Å². The van der Waals surface area contributed by atoms with Crippen LogP contribution < -0.4 is 27.4 Å². The van der Waals surface area contributed by atoms with E-state index in [1.54, 1.807) is 0 Å². The molecule has 0 atom stereocenters. The highest BCUT2D eigenvalue weighted by Crippen LogP contribution is 2.05. The second-order valence-corrected chi connectivity index (χ2v) is 6.85. The largest absolute Gasteiger partial charge is 0.384 e. The van der Waals surface area contributed by atoms with E-state index in [0.29, 0.717) is 31.3 Å². The summed E-state index contributed by atoms with van der Waals surface area (Å²) in [4.78, 5) is 0. The quantitative estimate of drug-likeness (QED) is 0.125. The molecule has 0 heterocycles. The van der Waals surface area contributed by atoms with E-state index in [1.807, 2.05) is 24.3 Å². The molecule has 29 heavy (non-hydrogen) atoms. The van der Waals surface area contributed by atoms with Crippen molar-refractivity contribution in [3.05, 3.63) is 35.4 Å². The average molecular weight is 405 g/mol. The molecule has 0 bridgehead atoms. The molecule has 0 aromatic heterocycles. The van der Waals surface area contributed by atoms with E-state index in [1.165, 1.54) is 0 Å². The van der Waals surface area contributed by atoms with Crippen LogP contribution in [0.1, 0.15) is 49.7 Å². The summed E-state index contributed by atoms with van der Waals surface area (Å²) in [5.74, 6) is 0.459. The molecular formula is C20H36N8O. The molecule has 0 saturated carbocycles. The number of unbranched alkanes of at least 4 members (excludes halogenated alkanes) is 4. The fourth-order valence-electron chi connectivity index (χ4n) is 2.64. The number of hydrogen-bond acceptors (Lipinski definition) is 4. The standard InChI is InChI=1S/C20H36N8O/c21-18(22)17-9-7-16(8-10-17)15-29-14-6-13-28-20(25)27-12-5-3-1-2-4-11-26-19(23)24/h7-10H,1-6,11-15H2,(H3,21,22)(H4,23,24,26)(H3,25,27,28). The van der Waals surface area contributed by atoms with Crippen molar-refractivity contribution in [2.75, 3.05) is 26.2 Å². The Bertz CT molecular complexity index is 617. The van der Waals surface area contributed by atoms with Gasteiger partial charge in [-0.05, 0) is 24.8 Å². The zero-order valence-electron chi connectivity index (χ0n) is 17.2. The Hall–Kier alpha value is -2.81.